The van der Waals surface area contributed by atoms with Crippen LogP contribution in [0.2, 0.25) is 0 Å². The van der Waals surface area contributed by atoms with Crippen LogP contribution in [0.4, 0.5) is 0 Å². The number of piperazine rings is 1. The molecule has 1 aromatic carbocycles. The number of sulfonamides is 1. The number of nitrogens with zero attached hydrogens (tertiary/aromatic N) is 3. The first-order chi connectivity index (χ1) is 13.8. The van der Waals surface area contributed by atoms with E-state index in [1.807, 2.05) is 30.9 Å². The van der Waals surface area contributed by atoms with Crippen molar-refractivity contribution in [2.45, 2.75) is 44.6 Å². The Balaban J connectivity index is 1.49. The summed E-state index contributed by atoms with van der Waals surface area (Å²) < 4.78 is 27.6. The SMILES string of the molecule is CCN1CCC(NC(=O)CN2CCN(S(=O)(=O)c3cc(C)ccc3C)CC2)CC1. The minimum atomic E-state index is -3.50. The van der Waals surface area contributed by atoms with Gasteiger partial charge in [-0.05, 0) is 50.4 Å². The van der Waals surface area contributed by atoms with E-state index in [4.69, 9.17) is 0 Å². The number of hydrogen-bond acceptors (Lipinski definition) is 5. The lowest BCUT2D eigenvalue weighted by Crippen LogP contribution is -2.52. The molecule has 8 heteroatoms. The normalized spacial score (nSPS) is 20.7. The molecule has 0 radical (unpaired) electrons. The average Bonchev–Trinajstić information content (AvgIpc) is 2.70. The molecular weight excluding hydrogens is 388 g/mol. The van der Waals surface area contributed by atoms with E-state index in [1.54, 1.807) is 10.4 Å². The van der Waals surface area contributed by atoms with Gasteiger partial charge in [-0.25, -0.2) is 8.42 Å². The first kappa shape index (κ1) is 22.2. The summed E-state index contributed by atoms with van der Waals surface area (Å²) in [6.07, 6.45) is 2.00. The Morgan fingerprint density at radius 3 is 2.31 bits per heavy atom. The third kappa shape index (κ3) is 5.57. The van der Waals surface area contributed by atoms with Gasteiger partial charge in [0.25, 0.3) is 0 Å². The number of piperidine rings is 1. The van der Waals surface area contributed by atoms with Crippen LogP contribution in [0, 0.1) is 13.8 Å². The lowest BCUT2D eigenvalue weighted by Gasteiger charge is -2.35. The summed E-state index contributed by atoms with van der Waals surface area (Å²) in [7, 11) is -3.50. The average molecular weight is 423 g/mol. The number of aryl methyl sites for hydroxylation is 2. The molecule has 1 aromatic rings. The molecular formula is C21H34N4O3S. The number of rotatable bonds is 6. The van der Waals surface area contributed by atoms with E-state index >= 15 is 0 Å². The highest BCUT2D eigenvalue weighted by molar-refractivity contribution is 7.89. The van der Waals surface area contributed by atoms with Gasteiger partial charge in [0, 0.05) is 45.3 Å². The van der Waals surface area contributed by atoms with Crippen molar-refractivity contribution in [3.8, 4) is 0 Å². The molecule has 2 saturated heterocycles. The zero-order valence-electron chi connectivity index (χ0n) is 17.9. The first-order valence-electron chi connectivity index (χ1n) is 10.6. The molecule has 29 heavy (non-hydrogen) atoms. The van der Waals surface area contributed by atoms with Gasteiger partial charge < -0.3 is 10.2 Å². The van der Waals surface area contributed by atoms with Crippen LogP contribution in [-0.4, -0.2) is 86.8 Å². The Labute approximate surface area is 175 Å². The predicted molar refractivity (Wildman–Crippen MR) is 114 cm³/mol. The van der Waals surface area contributed by atoms with E-state index in [9.17, 15) is 13.2 Å². The van der Waals surface area contributed by atoms with Crippen LogP contribution in [0.3, 0.4) is 0 Å². The molecule has 0 spiro atoms. The summed E-state index contributed by atoms with van der Waals surface area (Å²) in [5.41, 5.74) is 1.71. The highest BCUT2D eigenvalue weighted by Crippen LogP contribution is 2.22. The van der Waals surface area contributed by atoms with Gasteiger partial charge in [0.1, 0.15) is 0 Å². The van der Waals surface area contributed by atoms with Crippen molar-refractivity contribution in [3.63, 3.8) is 0 Å². The maximum Gasteiger partial charge on any atom is 0.243 e. The molecule has 0 atom stereocenters. The van der Waals surface area contributed by atoms with Gasteiger partial charge in [-0.2, -0.15) is 4.31 Å². The van der Waals surface area contributed by atoms with Crippen LogP contribution in [0.15, 0.2) is 23.1 Å². The van der Waals surface area contributed by atoms with Crippen LogP contribution >= 0.6 is 0 Å². The molecule has 2 fully saturated rings. The Kier molecular flexibility index (Phi) is 7.32. The summed E-state index contributed by atoms with van der Waals surface area (Å²) in [6.45, 7) is 11.4. The molecule has 0 unspecified atom stereocenters. The van der Waals surface area contributed by atoms with E-state index < -0.39 is 10.0 Å². The van der Waals surface area contributed by atoms with Gasteiger partial charge in [-0.3, -0.25) is 9.69 Å². The van der Waals surface area contributed by atoms with Crippen molar-refractivity contribution >= 4 is 15.9 Å². The van der Waals surface area contributed by atoms with Crippen LogP contribution < -0.4 is 5.32 Å². The fourth-order valence-electron chi connectivity index (χ4n) is 4.12. The Morgan fingerprint density at radius 2 is 1.69 bits per heavy atom. The van der Waals surface area contributed by atoms with E-state index in [2.05, 4.69) is 17.1 Å². The fourth-order valence-corrected chi connectivity index (χ4v) is 5.85. The molecule has 0 bridgehead atoms. The van der Waals surface area contributed by atoms with Gasteiger partial charge in [0.15, 0.2) is 0 Å². The minimum Gasteiger partial charge on any atom is -0.352 e. The van der Waals surface area contributed by atoms with Gasteiger partial charge in [-0.1, -0.05) is 19.1 Å². The maximum absolute atomic E-state index is 13.0. The molecule has 2 aliphatic heterocycles. The first-order valence-corrected chi connectivity index (χ1v) is 12.0. The van der Waals surface area contributed by atoms with Gasteiger partial charge >= 0.3 is 0 Å². The Morgan fingerprint density at radius 1 is 1.03 bits per heavy atom. The van der Waals surface area contributed by atoms with Crippen molar-refractivity contribution in [2.24, 2.45) is 0 Å². The topological polar surface area (TPSA) is 73.0 Å². The van der Waals surface area contributed by atoms with Crippen molar-refractivity contribution in [2.75, 3.05) is 52.4 Å². The molecule has 2 aliphatic rings. The second kappa shape index (κ2) is 9.55. The van der Waals surface area contributed by atoms with Crippen molar-refractivity contribution in [3.05, 3.63) is 29.3 Å². The van der Waals surface area contributed by atoms with E-state index in [-0.39, 0.29) is 11.9 Å². The smallest absolute Gasteiger partial charge is 0.243 e. The molecule has 0 aliphatic carbocycles. The number of carbonyl (C=O) groups is 1. The number of nitrogens with one attached hydrogen (secondary N) is 1. The molecule has 2 heterocycles. The predicted octanol–water partition coefficient (Wildman–Crippen LogP) is 1.21. The summed E-state index contributed by atoms with van der Waals surface area (Å²) >= 11 is 0. The highest BCUT2D eigenvalue weighted by Gasteiger charge is 2.30. The van der Waals surface area contributed by atoms with Gasteiger partial charge in [-0.15, -0.1) is 0 Å². The van der Waals surface area contributed by atoms with Gasteiger partial charge in [0.05, 0.1) is 11.4 Å². The standard InChI is InChI=1S/C21H34N4O3S/c1-4-23-9-7-19(8-10-23)22-21(26)16-24-11-13-25(14-12-24)29(27,28)20-15-17(2)5-6-18(20)3/h5-6,15,19H,4,7-14,16H2,1-3H3,(H,22,26). The second-order valence-electron chi connectivity index (χ2n) is 8.23. The zero-order chi connectivity index (χ0) is 21.0. The van der Waals surface area contributed by atoms with Crippen LogP contribution in [0.5, 0.6) is 0 Å². The zero-order valence-corrected chi connectivity index (χ0v) is 18.7. The number of benzene rings is 1. The second-order valence-corrected chi connectivity index (χ2v) is 10.1. The monoisotopic (exact) mass is 422 g/mol. The Hall–Kier alpha value is -1.48. The van der Waals surface area contributed by atoms with Gasteiger partial charge in [0.2, 0.25) is 15.9 Å². The number of likely N-dealkylation sites (tertiary alicyclic amines) is 1. The van der Waals surface area contributed by atoms with E-state index in [0.717, 1.165) is 43.6 Å². The van der Waals surface area contributed by atoms with Crippen molar-refractivity contribution in [1.29, 1.82) is 0 Å². The maximum atomic E-state index is 13.0. The van der Waals surface area contributed by atoms with Crippen molar-refractivity contribution in [1.82, 2.24) is 19.4 Å². The molecule has 3 rings (SSSR count). The molecule has 1 N–H and O–H groups in total. The molecule has 0 saturated carbocycles. The summed E-state index contributed by atoms with van der Waals surface area (Å²) in [6, 6.07) is 5.79. The van der Waals surface area contributed by atoms with Crippen LogP contribution in [-0.2, 0) is 14.8 Å². The molecule has 162 valence electrons. The number of amides is 1. The molecule has 1 amide bonds. The fraction of sp³-hybridized carbons (Fsp3) is 0.667. The summed E-state index contributed by atoms with van der Waals surface area (Å²) in [5.74, 6) is 0.0470. The summed E-state index contributed by atoms with van der Waals surface area (Å²) in [5, 5.41) is 3.15. The lowest BCUT2D eigenvalue weighted by atomic mass is 10.1. The quantitative estimate of drug-likeness (QED) is 0.746. The lowest BCUT2D eigenvalue weighted by molar-refractivity contribution is -0.123. The van der Waals surface area contributed by atoms with Crippen molar-refractivity contribution < 1.29 is 13.2 Å². The largest absolute Gasteiger partial charge is 0.352 e. The minimum absolute atomic E-state index is 0.0470. The van der Waals surface area contributed by atoms with E-state index in [1.165, 1.54) is 0 Å². The molecule has 0 aromatic heterocycles. The summed E-state index contributed by atoms with van der Waals surface area (Å²) in [4.78, 5) is 17.3. The number of hydrogen-bond donors (Lipinski definition) is 1. The Bertz CT molecular complexity index is 811. The molecule has 7 nitrogen and oxygen atoms in total. The third-order valence-corrected chi connectivity index (χ3v) is 8.10. The van der Waals surface area contributed by atoms with Crippen LogP contribution in [0.25, 0.3) is 0 Å². The number of carbonyl (C=O) groups excluding carboxylic acids is 1. The van der Waals surface area contributed by atoms with Crippen LogP contribution in [0.1, 0.15) is 30.9 Å². The third-order valence-electron chi connectivity index (χ3n) is 6.06. The van der Waals surface area contributed by atoms with E-state index in [0.29, 0.717) is 37.6 Å². The highest BCUT2D eigenvalue weighted by atomic mass is 32.2.